The third kappa shape index (κ3) is 5.53. The minimum atomic E-state index is -0.875. The van der Waals surface area contributed by atoms with Gasteiger partial charge in [-0.1, -0.05) is 18.2 Å². The van der Waals surface area contributed by atoms with E-state index in [1.165, 1.54) is 9.80 Å². The van der Waals surface area contributed by atoms with Crippen LogP contribution in [0.5, 0.6) is 0 Å². The summed E-state index contributed by atoms with van der Waals surface area (Å²) in [5, 5.41) is 17.3. The zero-order valence-electron chi connectivity index (χ0n) is 12.0. The van der Waals surface area contributed by atoms with E-state index >= 15 is 0 Å². The average Bonchev–Trinajstić information content (AvgIpc) is 2.48. The van der Waals surface area contributed by atoms with Crippen LogP contribution in [0.4, 0.5) is 10.5 Å². The molecular formula is C15H19N3O3. The summed E-state index contributed by atoms with van der Waals surface area (Å²) >= 11 is 0. The molecule has 21 heavy (non-hydrogen) atoms. The zero-order chi connectivity index (χ0) is 15.7. The quantitative estimate of drug-likeness (QED) is 0.834. The van der Waals surface area contributed by atoms with Gasteiger partial charge in [0.1, 0.15) is 0 Å². The summed E-state index contributed by atoms with van der Waals surface area (Å²) in [6, 6.07) is 10.9. The Kier molecular flexibility index (Phi) is 6.75. The molecule has 1 aromatic carbocycles. The van der Waals surface area contributed by atoms with Crippen LogP contribution in [-0.2, 0) is 4.79 Å². The molecule has 0 fully saturated rings. The third-order valence-corrected chi connectivity index (χ3v) is 2.96. The topological polar surface area (TPSA) is 84.6 Å². The standard InChI is InChI=1S/C15H19N3O3/c1-17(11-5-9-14(19)20)15(21)18(12-6-10-16)13-7-3-2-4-8-13/h2-4,7-8H,5-6,9,11-12H2,1H3,(H,19,20). The molecule has 1 N–H and O–H groups in total. The number of carboxylic acids is 1. The van der Waals surface area contributed by atoms with Crippen molar-refractivity contribution in [2.45, 2.75) is 19.3 Å². The lowest BCUT2D eigenvalue weighted by molar-refractivity contribution is -0.137. The first-order chi connectivity index (χ1) is 10.1. The van der Waals surface area contributed by atoms with Gasteiger partial charge in [-0.15, -0.1) is 0 Å². The highest BCUT2D eigenvalue weighted by molar-refractivity contribution is 5.91. The number of urea groups is 1. The highest BCUT2D eigenvalue weighted by Gasteiger charge is 2.19. The molecule has 0 unspecified atom stereocenters. The molecular weight excluding hydrogens is 270 g/mol. The lowest BCUT2D eigenvalue weighted by Gasteiger charge is -2.27. The van der Waals surface area contributed by atoms with Gasteiger partial charge >= 0.3 is 12.0 Å². The molecule has 112 valence electrons. The summed E-state index contributed by atoms with van der Waals surface area (Å²) in [5.41, 5.74) is 0.725. The van der Waals surface area contributed by atoms with E-state index in [4.69, 9.17) is 10.4 Å². The van der Waals surface area contributed by atoms with Crippen LogP contribution >= 0.6 is 0 Å². The van der Waals surface area contributed by atoms with E-state index in [9.17, 15) is 9.59 Å². The molecule has 6 nitrogen and oxygen atoms in total. The van der Waals surface area contributed by atoms with Crippen LogP contribution in [0.25, 0.3) is 0 Å². The van der Waals surface area contributed by atoms with Gasteiger partial charge in [0, 0.05) is 32.2 Å². The number of hydrogen-bond donors (Lipinski definition) is 1. The number of anilines is 1. The van der Waals surface area contributed by atoms with Gasteiger partial charge in [0.05, 0.1) is 12.5 Å². The number of nitriles is 1. The van der Waals surface area contributed by atoms with Crippen LogP contribution in [-0.4, -0.2) is 42.1 Å². The average molecular weight is 289 g/mol. The van der Waals surface area contributed by atoms with Crippen molar-refractivity contribution in [2.75, 3.05) is 25.0 Å². The van der Waals surface area contributed by atoms with Crippen molar-refractivity contribution < 1.29 is 14.7 Å². The molecule has 0 radical (unpaired) electrons. The van der Waals surface area contributed by atoms with Gasteiger partial charge in [0.25, 0.3) is 0 Å². The molecule has 0 atom stereocenters. The second-order valence-corrected chi connectivity index (χ2v) is 4.60. The van der Waals surface area contributed by atoms with Crippen molar-refractivity contribution in [3.05, 3.63) is 30.3 Å². The number of nitrogens with zero attached hydrogens (tertiary/aromatic N) is 3. The summed E-state index contributed by atoms with van der Waals surface area (Å²) in [5.74, 6) is -0.875. The number of carboxylic acid groups (broad SMARTS) is 1. The van der Waals surface area contributed by atoms with Crippen molar-refractivity contribution in [3.63, 3.8) is 0 Å². The lowest BCUT2D eigenvalue weighted by Crippen LogP contribution is -2.42. The molecule has 1 rings (SSSR count). The zero-order valence-corrected chi connectivity index (χ0v) is 12.0. The van der Waals surface area contributed by atoms with Crippen LogP contribution < -0.4 is 4.90 Å². The summed E-state index contributed by atoms with van der Waals surface area (Å²) in [4.78, 5) is 25.9. The Balaban J connectivity index is 2.71. The third-order valence-electron chi connectivity index (χ3n) is 2.96. The summed E-state index contributed by atoms with van der Waals surface area (Å²) in [6.07, 6.45) is 0.670. The van der Waals surface area contributed by atoms with Crippen LogP contribution in [0.3, 0.4) is 0 Å². The fourth-order valence-electron chi connectivity index (χ4n) is 1.87. The van der Waals surface area contributed by atoms with Crippen molar-refractivity contribution in [1.29, 1.82) is 5.26 Å². The first-order valence-electron chi connectivity index (χ1n) is 6.72. The Hall–Kier alpha value is -2.55. The second kappa shape index (κ2) is 8.59. The Morgan fingerprint density at radius 3 is 2.48 bits per heavy atom. The van der Waals surface area contributed by atoms with Crippen LogP contribution in [0, 0.1) is 11.3 Å². The van der Waals surface area contributed by atoms with E-state index in [-0.39, 0.29) is 18.9 Å². The molecule has 0 saturated heterocycles. The summed E-state index contributed by atoms with van der Waals surface area (Å²) < 4.78 is 0. The fourth-order valence-corrected chi connectivity index (χ4v) is 1.87. The van der Waals surface area contributed by atoms with Gasteiger partial charge < -0.3 is 10.0 Å². The molecule has 0 heterocycles. The fraction of sp³-hybridized carbons (Fsp3) is 0.400. The van der Waals surface area contributed by atoms with Gasteiger partial charge in [-0.2, -0.15) is 5.26 Å². The predicted octanol–water partition coefficient (Wildman–Crippen LogP) is 2.32. The van der Waals surface area contributed by atoms with E-state index in [2.05, 4.69) is 0 Å². The molecule has 0 bridgehead atoms. The molecule has 0 aromatic heterocycles. The number of amides is 2. The van der Waals surface area contributed by atoms with Crippen molar-refractivity contribution >= 4 is 17.7 Å². The highest BCUT2D eigenvalue weighted by atomic mass is 16.4. The molecule has 0 aliphatic carbocycles. The number of aliphatic carboxylic acids is 1. The number of hydrogen-bond acceptors (Lipinski definition) is 3. The van der Waals surface area contributed by atoms with Gasteiger partial charge in [0.15, 0.2) is 0 Å². The molecule has 6 heteroatoms. The number of para-hydroxylation sites is 1. The molecule has 0 spiro atoms. The second-order valence-electron chi connectivity index (χ2n) is 4.60. The number of benzene rings is 1. The van der Waals surface area contributed by atoms with Gasteiger partial charge in [-0.05, 0) is 18.6 Å². The van der Waals surface area contributed by atoms with E-state index in [1.807, 2.05) is 24.3 Å². The van der Waals surface area contributed by atoms with Gasteiger partial charge in [-0.3, -0.25) is 9.69 Å². The predicted molar refractivity (Wildman–Crippen MR) is 78.9 cm³/mol. The Bertz CT molecular complexity index is 511. The Labute approximate surface area is 124 Å². The van der Waals surface area contributed by atoms with Crippen LogP contribution in [0.2, 0.25) is 0 Å². The van der Waals surface area contributed by atoms with E-state index < -0.39 is 5.97 Å². The first kappa shape index (κ1) is 16.5. The monoisotopic (exact) mass is 289 g/mol. The molecule has 1 aromatic rings. The normalized spacial score (nSPS) is 9.71. The minimum Gasteiger partial charge on any atom is -0.481 e. The largest absolute Gasteiger partial charge is 0.481 e. The summed E-state index contributed by atoms with van der Waals surface area (Å²) in [7, 11) is 1.63. The number of rotatable bonds is 7. The first-order valence-corrected chi connectivity index (χ1v) is 6.72. The molecule has 0 aliphatic heterocycles. The maximum Gasteiger partial charge on any atom is 0.324 e. The van der Waals surface area contributed by atoms with Crippen molar-refractivity contribution in [1.82, 2.24) is 4.90 Å². The Morgan fingerprint density at radius 1 is 1.24 bits per heavy atom. The molecule has 0 aliphatic rings. The molecule has 0 saturated carbocycles. The lowest BCUT2D eigenvalue weighted by atomic mass is 10.2. The smallest absolute Gasteiger partial charge is 0.324 e. The Morgan fingerprint density at radius 2 is 1.90 bits per heavy atom. The number of carbonyl (C=O) groups excluding carboxylic acids is 1. The summed E-state index contributed by atoms with van der Waals surface area (Å²) in [6.45, 7) is 0.670. The van der Waals surface area contributed by atoms with E-state index in [0.29, 0.717) is 19.5 Å². The SMILES string of the molecule is CN(CCCC(=O)O)C(=O)N(CCC#N)c1ccccc1. The van der Waals surface area contributed by atoms with Gasteiger partial charge in [-0.25, -0.2) is 4.79 Å². The van der Waals surface area contributed by atoms with Crippen LogP contribution in [0.1, 0.15) is 19.3 Å². The van der Waals surface area contributed by atoms with Crippen molar-refractivity contribution in [2.24, 2.45) is 0 Å². The number of carbonyl (C=O) groups is 2. The van der Waals surface area contributed by atoms with E-state index in [0.717, 1.165) is 5.69 Å². The van der Waals surface area contributed by atoms with Crippen molar-refractivity contribution in [3.8, 4) is 6.07 Å². The maximum atomic E-state index is 12.4. The maximum absolute atomic E-state index is 12.4. The van der Waals surface area contributed by atoms with E-state index in [1.54, 1.807) is 19.2 Å². The van der Waals surface area contributed by atoms with Crippen LogP contribution in [0.15, 0.2) is 30.3 Å². The highest BCUT2D eigenvalue weighted by Crippen LogP contribution is 2.15. The van der Waals surface area contributed by atoms with Gasteiger partial charge in [0.2, 0.25) is 0 Å². The molecule has 2 amide bonds. The minimum absolute atomic E-state index is 0.0289.